The molecule has 0 bridgehead atoms. The van der Waals surface area contributed by atoms with Gasteiger partial charge in [0.05, 0.1) is 17.5 Å². The Morgan fingerprint density at radius 1 is 1.45 bits per heavy atom. The van der Waals surface area contributed by atoms with Crippen LogP contribution >= 0.6 is 0 Å². The molecule has 0 radical (unpaired) electrons. The second kappa shape index (κ2) is 4.33. The van der Waals surface area contributed by atoms with E-state index in [-0.39, 0.29) is 11.8 Å². The molecule has 20 heavy (non-hydrogen) atoms. The largest absolute Gasteiger partial charge is 0.481 e. The van der Waals surface area contributed by atoms with Crippen LogP contribution in [-0.4, -0.2) is 20.6 Å². The number of carbonyl (C=O) groups is 1. The summed E-state index contributed by atoms with van der Waals surface area (Å²) in [4.78, 5) is 15.7. The number of rotatable bonds is 4. The predicted molar refractivity (Wildman–Crippen MR) is 78.0 cm³/mol. The van der Waals surface area contributed by atoms with Crippen LogP contribution in [0.15, 0.2) is 18.2 Å². The zero-order valence-corrected chi connectivity index (χ0v) is 12.2. The molecule has 0 amide bonds. The molecule has 1 saturated carbocycles. The molecule has 2 aromatic rings. The van der Waals surface area contributed by atoms with Crippen molar-refractivity contribution in [2.45, 2.75) is 44.4 Å². The third-order valence-corrected chi connectivity index (χ3v) is 4.39. The first kappa shape index (κ1) is 13.2. The van der Waals surface area contributed by atoms with Crippen molar-refractivity contribution in [3.8, 4) is 0 Å². The lowest BCUT2D eigenvalue weighted by molar-refractivity contribution is -0.137. The molecule has 1 aliphatic rings. The summed E-state index contributed by atoms with van der Waals surface area (Å²) in [6.07, 6.45) is 2.16. The third-order valence-electron chi connectivity index (χ3n) is 4.39. The molecule has 0 unspecified atom stereocenters. The van der Waals surface area contributed by atoms with E-state index in [1.807, 2.05) is 7.05 Å². The fourth-order valence-electron chi connectivity index (χ4n) is 3.07. The van der Waals surface area contributed by atoms with Crippen LogP contribution in [0.4, 0.5) is 0 Å². The van der Waals surface area contributed by atoms with Gasteiger partial charge in [-0.1, -0.05) is 19.9 Å². The standard InChI is InChI=1S/C16H20N2O2/c1-10(2)15-17-12-8-11(4-5-13(12)18(15)3)16(6-7-16)9-14(19)20/h4-5,8,10H,6-7,9H2,1-3H3,(H,19,20). The number of nitrogens with zero attached hydrogens (tertiary/aromatic N) is 2. The Morgan fingerprint density at radius 3 is 2.70 bits per heavy atom. The van der Waals surface area contributed by atoms with Crippen molar-refractivity contribution in [3.63, 3.8) is 0 Å². The number of aryl methyl sites for hydroxylation is 1. The van der Waals surface area contributed by atoms with Crippen molar-refractivity contribution in [2.24, 2.45) is 7.05 Å². The van der Waals surface area contributed by atoms with Gasteiger partial charge in [0.2, 0.25) is 0 Å². The number of fused-ring (bicyclic) bond motifs is 1. The smallest absolute Gasteiger partial charge is 0.304 e. The molecule has 3 rings (SSSR count). The fourth-order valence-corrected chi connectivity index (χ4v) is 3.07. The van der Waals surface area contributed by atoms with Crippen LogP contribution in [0.1, 0.15) is 50.4 Å². The van der Waals surface area contributed by atoms with E-state index < -0.39 is 5.97 Å². The van der Waals surface area contributed by atoms with Crippen LogP contribution in [-0.2, 0) is 17.3 Å². The molecule has 1 heterocycles. The molecule has 0 aliphatic heterocycles. The van der Waals surface area contributed by atoms with E-state index in [1.54, 1.807) is 0 Å². The number of aromatic nitrogens is 2. The second-order valence-electron chi connectivity index (χ2n) is 6.24. The number of hydrogen-bond acceptors (Lipinski definition) is 2. The highest BCUT2D eigenvalue weighted by Crippen LogP contribution is 2.51. The lowest BCUT2D eigenvalue weighted by atomic mass is 9.92. The van der Waals surface area contributed by atoms with Gasteiger partial charge in [-0.05, 0) is 30.5 Å². The Balaban J connectivity index is 2.05. The SMILES string of the molecule is CC(C)c1nc2cc(C3(CC(=O)O)CC3)ccc2n1C. The Labute approximate surface area is 118 Å². The first-order valence-electron chi connectivity index (χ1n) is 7.11. The molecule has 4 nitrogen and oxygen atoms in total. The summed E-state index contributed by atoms with van der Waals surface area (Å²) in [6.45, 7) is 4.27. The van der Waals surface area contributed by atoms with E-state index in [0.29, 0.717) is 5.92 Å². The molecule has 0 spiro atoms. The number of aliphatic carboxylic acids is 1. The van der Waals surface area contributed by atoms with Crippen LogP contribution in [0.3, 0.4) is 0 Å². The van der Waals surface area contributed by atoms with Gasteiger partial charge in [0, 0.05) is 18.4 Å². The topological polar surface area (TPSA) is 55.1 Å². The number of benzene rings is 1. The van der Waals surface area contributed by atoms with Crippen molar-refractivity contribution in [1.82, 2.24) is 9.55 Å². The Kier molecular flexibility index (Phi) is 2.85. The van der Waals surface area contributed by atoms with Crippen molar-refractivity contribution in [1.29, 1.82) is 0 Å². The molecule has 1 aromatic heterocycles. The minimum Gasteiger partial charge on any atom is -0.481 e. The van der Waals surface area contributed by atoms with Gasteiger partial charge in [-0.3, -0.25) is 4.79 Å². The molecule has 1 N–H and O–H groups in total. The fraction of sp³-hybridized carbons (Fsp3) is 0.500. The van der Waals surface area contributed by atoms with Crippen LogP contribution < -0.4 is 0 Å². The molecular formula is C16H20N2O2. The van der Waals surface area contributed by atoms with Crippen molar-refractivity contribution < 1.29 is 9.90 Å². The van der Waals surface area contributed by atoms with Gasteiger partial charge in [0.15, 0.2) is 0 Å². The lowest BCUT2D eigenvalue weighted by Crippen LogP contribution is -2.12. The van der Waals surface area contributed by atoms with E-state index in [2.05, 4.69) is 36.6 Å². The first-order chi connectivity index (χ1) is 9.43. The van der Waals surface area contributed by atoms with Gasteiger partial charge in [-0.25, -0.2) is 4.98 Å². The second-order valence-corrected chi connectivity index (χ2v) is 6.24. The molecule has 1 fully saturated rings. The zero-order chi connectivity index (χ0) is 14.5. The van der Waals surface area contributed by atoms with Gasteiger partial charge in [-0.15, -0.1) is 0 Å². The molecular weight excluding hydrogens is 252 g/mol. The normalized spacial score (nSPS) is 16.8. The maximum Gasteiger partial charge on any atom is 0.304 e. The first-order valence-corrected chi connectivity index (χ1v) is 7.11. The zero-order valence-electron chi connectivity index (χ0n) is 12.2. The number of carboxylic acids is 1. The van der Waals surface area contributed by atoms with Gasteiger partial charge in [0.25, 0.3) is 0 Å². The summed E-state index contributed by atoms with van der Waals surface area (Å²) in [6, 6.07) is 6.23. The predicted octanol–water partition coefficient (Wildman–Crippen LogP) is 3.20. The van der Waals surface area contributed by atoms with Crippen LogP contribution in [0.2, 0.25) is 0 Å². The Hall–Kier alpha value is -1.84. The maximum absolute atomic E-state index is 11.0. The van der Waals surface area contributed by atoms with E-state index in [9.17, 15) is 4.79 Å². The Morgan fingerprint density at radius 2 is 2.15 bits per heavy atom. The summed E-state index contributed by atoms with van der Waals surface area (Å²) in [5, 5.41) is 9.06. The maximum atomic E-state index is 11.0. The molecule has 4 heteroatoms. The third kappa shape index (κ3) is 1.99. The highest BCUT2D eigenvalue weighted by molar-refractivity contribution is 5.78. The summed E-state index contributed by atoms with van der Waals surface area (Å²) in [5.41, 5.74) is 3.07. The lowest BCUT2D eigenvalue weighted by Gasteiger charge is -2.12. The molecule has 1 aliphatic carbocycles. The Bertz CT molecular complexity index is 681. The minimum atomic E-state index is -0.716. The molecule has 1 aromatic carbocycles. The number of carboxylic acid groups (broad SMARTS) is 1. The van der Waals surface area contributed by atoms with E-state index >= 15 is 0 Å². The average molecular weight is 272 g/mol. The summed E-state index contributed by atoms with van der Waals surface area (Å²) in [5.74, 6) is 0.733. The van der Waals surface area contributed by atoms with E-state index in [0.717, 1.165) is 35.3 Å². The van der Waals surface area contributed by atoms with Crippen LogP contribution in [0.5, 0.6) is 0 Å². The van der Waals surface area contributed by atoms with Crippen molar-refractivity contribution >= 4 is 17.0 Å². The van der Waals surface area contributed by atoms with Crippen LogP contribution in [0.25, 0.3) is 11.0 Å². The molecule has 0 saturated heterocycles. The number of imidazole rings is 1. The summed E-state index contributed by atoms with van der Waals surface area (Å²) in [7, 11) is 2.04. The quantitative estimate of drug-likeness (QED) is 0.929. The van der Waals surface area contributed by atoms with Gasteiger partial charge in [-0.2, -0.15) is 0 Å². The van der Waals surface area contributed by atoms with Crippen LogP contribution in [0, 0.1) is 0 Å². The monoisotopic (exact) mass is 272 g/mol. The average Bonchev–Trinajstić information content (AvgIpc) is 3.06. The van der Waals surface area contributed by atoms with Gasteiger partial charge >= 0.3 is 5.97 Å². The van der Waals surface area contributed by atoms with Gasteiger partial charge in [0.1, 0.15) is 5.82 Å². The summed E-state index contributed by atoms with van der Waals surface area (Å²) < 4.78 is 2.13. The molecule has 106 valence electrons. The van der Waals surface area contributed by atoms with Gasteiger partial charge < -0.3 is 9.67 Å². The summed E-state index contributed by atoms with van der Waals surface area (Å²) >= 11 is 0. The van der Waals surface area contributed by atoms with E-state index in [4.69, 9.17) is 10.1 Å². The minimum absolute atomic E-state index is 0.143. The van der Waals surface area contributed by atoms with Crippen molar-refractivity contribution in [2.75, 3.05) is 0 Å². The van der Waals surface area contributed by atoms with E-state index in [1.165, 1.54) is 0 Å². The molecule has 0 atom stereocenters. The van der Waals surface area contributed by atoms with Crippen molar-refractivity contribution in [3.05, 3.63) is 29.6 Å². The number of hydrogen-bond donors (Lipinski definition) is 1. The highest BCUT2D eigenvalue weighted by atomic mass is 16.4. The highest BCUT2D eigenvalue weighted by Gasteiger charge is 2.46.